The number of nitrogens with zero attached hydrogens (tertiary/aromatic N) is 6. The normalized spacial score (nSPS) is 11.0. The molecule has 4 rings (SSSR count). The van der Waals surface area contributed by atoms with Crippen molar-refractivity contribution in [2.75, 3.05) is 12.4 Å². The number of hydrogen-bond donors (Lipinski definition) is 0. The number of halogens is 1. The first-order valence-corrected chi connectivity index (χ1v) is 10.2. The summed E-state index contributed by atoms with van der Waals surface area (Å²) in [5.74, 6) is 0.268. The molecule has 0 aliphatic heterocycles. The summed E-state index contributed by atoms with van der Waals surface area (Å²) >= 11 is 1.32. The minimum absolute atomic E-state index is 0.197. The third-order valence-electron chi connectivity index (χ3n) is 4.59. The first-order valence-electron chi connectivity index (χ1n) is 9.21. The molecule has 0 fully saturated rings. The molecule has 0 atom stereocenters. The lowest BCUT2D eigenvalue weighted by molar-refractivity contribution is 0.325. The van der Waals surface area contributed by atoms with Gasteiger partial charge >= 0.3 is 0 Å². The molecule has 0 saturated heterocycles. The highest BCUT2D eigenvalue weighted by atomic mass is 32.2. The van der Waals surface area contributed by atoms with Gasteiger partial charge in [-0.25, -0.2) is 9.07 Å². The van der Waals surface area contributed by atoms with Crippen LogP contribution in [0.25, 0.3) is 11.4 Å². The summed E-state index contributed by atoms with van der Waals surface area (Å²) in [5.41, 5.74) is 1.63. The molecule has 0 unspecified atom stereocenters. The third-order valence-corrected chi connectivity index (χ3v) is 5.47. The lowest BCUT2D eigenvalue weighted by Crippen LogP contribution is -2.22. The van der Waals surface area contributed by atoms with Crippen LogP contribution in [0.5, 0.6) is 5.75 Å². The zero-order chi connectivity index (χ0) is 21.1. The van der Waals surface area contributed by atoms with Gasteiger partial charge < -0.3 is 4.74 Å². The molecule has 0 spiro atoms. The van der Waals surface area contributed by atoms with Crippen molar-refractivity contribution < 1.29 is 9.13 Å². The second kappa shape index (κ2) is 8.54. The number of benzene rings is 2. The third kappa shape index (κ3) is 3.73. The highest BCUT2D eigenvalue weighted by Gasteiger charge is 2.21. The van der Waals surface area contributed by atoms with Crippen molar-refractivity contribution in [2.24, 2.45) is 7.05 Å². The maximum atomic E-state index is 13.6. The maximum absolute atomic E-state index is 13.6. The summed E-state index contributed by atoms with van der Waals surface area (Å²) in [6.45, 7) is 2.11. The quantitative estimate of drug-likeness (QED) is 0.334. The minimum atomic E-state index is -0.409. The van der Waals surface area contributed by atoms with Crippen molar-refractivity contribution >= 4 is 11.8 Å². The Hall–Kier alpha value is -3.40. The zero-order valence-corrected chi connectivity index (χ0v) is 17.2. The summed E-state index contributed by atoms with van der Waals surface area (Å²) in [6, 6.07) is 15.6. The standard InChI is InChI=1S/C20H19FN6O2S/c1-14-18(19(28)27(25(14)2)15-8-4-3-5-9-15)26-20(22-23-24-26)30-13-12-29-17-11-7-6-10-16(17)21/h3-11H,12-13H2,1-2H3. The van der Waals surface area contributed by atoms with Crippen LogP contribution in [0.3, 0.4) is 0 Å². The number of para-hydroxylation sites is 2. The predicted octanol–water partition coefficient (Wildman–Crippen LogP) is 2.77. The Balaban J connectivity index is 1.55. The van der Waals surface area contributed by atoms with Crippen LogP contribution >= 0.6 is 11.8 Å². The molecule has 4 aromatic rings. The molecule has 0 bridgehead atoms. The van der Waals surface area contributed by atoms with E-state index in [4.69, 9.17) is 4.74 Å². The van der Waals surface area contributed by atoms with Crippen molar-refractivity contribution in [2.45, 2.75) is 12.1 Å². The van der Waals surface area contributed by atoms with Crippen LogP contribution in [-0.4, -0.2) is 41.9 Å². The number of thioether (sulfide) groups is 1. The van der Waals surface area contributed by atoms with E-state index in [-0.39, 0.29) is 17.9 Å². The van der Waals surface area contributed by atoms with Gasteiger partial charge in [0, 0.05) is 12.8 Å². The van der Waals surface area contributed by atoms with Gasteiger partial charge in [-0.3, -0.25) is 9.48 Å². The topological polar surface area (TPSA) is 79.8 Å². The fourth-order valence-corrected chi connectivity index (χ4v) is 3.75. The Labute approximate surface area is 175 Å². The van der Waals surface area contributed by atoms with Gasteiger partial charge in [0.25, 0.3) is 5.56 Å². The van der Waals surface area contributed by atoms with Crippen molar-refractivity contribution in [1.29, 1.82) is 0 Å². The molecule has 10 heteroatoms. The molecule has 0 radical (unpaired) electrons. The Morgan fingerprint density at radius 2 is 1.83 bits per heavy atom. The highest BCUT2D eigenvalue weighted by Crippen LogP contribution is 2.21. The lowest BCUT2D eigenvalue weighted by atomic mass is 10.3. The molecule has 30 heavy (non-hydrogen) atoms. The van der Waals surface area contributed by atoms with Gasteiger partial charge in [0.1, 0.15) is 0 Å². The van der Waals surface area contributed by atoms with Crippen molar-refractivity contribution in [3.63, 3.8) is 0 Å². The fraction of sp³-hybridized carbons (Fsp3) is 0.200. The molecule has 2 heterocycles. The summed E-state index contributed by atoms with van der Waals surface area (Å²) < 4.78 is 23.9. The molecule has 0 amide bonds. The van der Waals surface area contributed by atoms with Crippen LogP contribution in [0, 0.1) is 12.7 Å². The van der Waals surface area contributed by atoms with Crippen molar-refractivity contribution in [3.8, 4) is 17.1 Å². The zero-order valence-electron chi connectivity index (χ0n) is 16.4. The van der Waals surface area contributed by atoms with Crippen molar-refractivity contribution in [1.82, 2.24) is 29.6 Å². The van der Waals surface area contributed by atoms with Gasteiger partial charge in [-0.15, -0.1) is 5.10 Å². The van der Waals surface area contributed by atoms with E-state index in [1.807, 2.05) is 44.3 Å². The number of rotatable bonds is 7. The molecule has 2 aromatic heterocycles. The van der Waals surface area contributed by atoms with Gasteiger partial charge in [-0.2, -0.15) is 4.68 Å². The van der Waals surface area contributed by atoms with E-state index in [9.17, 15) is 9.18 Å². The Kier molecular flexibility index (Phi) is 5.66. The molecule has 0 saturated carbocycles. The smallest absolute Gasteiger partial charge is 0.297 e. The fourth-order valence-electron chi connectivity index (χ4n) is 3.05. The number of tetrazole rings is 1. The van der Waals surface area contributed by atoms with Gasteiger partial charge in [0.2, 0.25) is 5.16 Å². The number of ether oxygens (including phenoxy) is 1. The Morgan fingerprint density at radius 1 is 1.10 bits per heavy atom. The van der Waals surface area contributed by atoms with Gasteiger partial charge in [0.15, 0.2) is 17.3 Å². The maximum Gasteiger partial charge on any atom is 0.297 e. The molecule has 0 N–H and O–H groups in total. The van der Waals surface area contributed by atoms with E-state index in [0.29, 0.717) is 16.6 Å². The second-order valence-corrected chi connectivity index (χ2v) is 7.47. The summed E-state index contributed by atoms with van der Waals surface area (Å²) in [4.78, 5) is 13.2. The van der Waals surface area contributed by atoms with Gasteiger partial charge in [-0.05, 0) is 41.6 Å². The molecule has 0 aliphatic rings. The van der Waals surface area contributed by atoms with E-state index in [1.165, 1.54) is 22.5 Å². The average molecular weight is 426 g/mol. The van der Waals surface area contributed by atoms with E-state index in [2.05, 4.69) is 15.5 Å². The minimum Gasteiger partial charge on any atom is -0.490 e. The van der Waals surface area contributed by atoms with Gasteiger partial charge in [-0.1, -0.05) is 42.1 Å². The Bertz CT molecular complexity index is 1220. The lowest BCUT2D eigenvalue weighted by Gasteiger charge is -2.07. The molecule has 2 aromatic carbocycles. The SMILES string of the molecule is Cc1c(-n2nnnc2SCCOc2ccccc2F)c(=O)n(-c2ccccc2)n1C. The van der Waals surface area contributed by atoms with Crippen molar-refractivity contribution in [3.05, 3.63) is 76.5 Å². The molecular weight excluding hydrogens is 407 g/mol. The molecule has 0 aliphatic carbocycles. The van der Waals surface area contributed by atoms with Crippen LogP contribution in [0.1, 0.15) is 5.69 Å². The summed E-state index contributed by atoms with van der Waals surface area (Å²) in [6.07, 6.45) is 0. The highest BCUT2D eigenvalue weighted by molar-refractivity contribution is 7.99. The average Bonchev–Trinajstić information content (AvgIpc) is 3.29. The second-order valence-electron chi connectivity index (χ2n) is 6.41. The number of hydrogen-bond acceptors (Lipinski definition) is 6. The molecule has 8 nitrogen and oxygen atoms in total. The number of aromatic nitrogens is 6. The Morgan fingerprint density at radius 3 is 2.60 bits per heavy atom. The van der Waals surface area contributed by atoms with E-state index >= 15 is 0 Å². The van der Waals surface area contributed by atoms with Crippen LogP contribution in [0.15, 0.2) is 64.5 Å². The van der Waals surface area contributed by atoms with Crippen LogP contribution in [-0.2, 0) is 7.05 Å². The van der Waals surface area contributed by atoms with E-state index in [1.54, 1.807) is 27.6 Å². The van der Waals surface area contributed by atoms with Crippen LogP contribution in [0.4, 0.5) is 4.39 Å². The van der Waals surface area contributed by atoms with E-state index in [0.717, 1.165) is 11.4 Å². The first-order chi connectivity index (χ1) is 14.6. The molecule has 154 valence electrons. The monoisotopic (exact) mass is 426 g/mol. The van der Waals surface area contributed by atoms with E-state index < -0.39 is 5.82 Å². The largest absolute Gasteiger partial charge is 0.490 e. The first kappa shape index (κ1) is 19.9. The predicted molar refractivity (Wildman–Crippen MR) is 111 cm³/mol. The van der Waals surface area contributed by atoms with Crippen LogP contribution < -0.4 is 10.3 Å². The van der Waals surface area contributed by atoms with Crippen LogP contribution in [0.2, 0.25) is 0 Å². The summed E-state index contributed by atoms with van der Waals surface area (Å²) in [7, 11) is 1.81. The summed E-state index contributed by atoms with van der Waals surface area (Å²) in [5, 5.41) is 12.2. The molecular formula is C20H19FN6O2S. The van der Waals surface area contributed by atoms with Gasteiger partial charge in [0.05, 0.1) is 18.0 Å².